The average Bonchev–Trinajstić information content (AvgIpc) is 2.65. The molecule has 2 heterocycles. The lowest BCUT2D eigenvalue weighted by molar-refractivity contribution is -0.122. The Balaban J connectivity index is 1.55. The average molecular weight is 381 g/mol. The van der Waals surface area contributed by atoms with E-state index in [2.05, 4.69) is 16.8 Å². The number of hydrogen-bond donors (Lipinski definition) is 0. The highest BCUT2D eigenvalue weighted by Crippen LogP contribution is 2.24. The summed E-state index contributed by atoms with van der Waals surface area (Å²) < 4.78 is 0. The third-order valence-electron chi connectivity index (χ3n) is 5.03. The SMILES string of the molecule is Cc1nc2ccccc2nc1CN1CC(=O)N(c2cccc(Cl)c2)CC1C. The smallest absolute Gasteiger partial charge is 0.241 e. The maximum Gasteiger partial charge on any atom is 0.241 e. The maximum absolute atomic E-state index is 12.8. The van der Waals surface area contributed by atoms with Gasteiger partial charge in [0, 0.05) is 29.8 Å². The Hall–Kier alpha value is -2.50. The van der Waals surface area contributed by atoms with Gasteiger partial charge < -0.3 is 4.90 Å². The van der Waals surface area contributed by atoms with Crippen LogP contribution in [0.1, 0.15) is 18.3 Å². The van der Waals surface area contributed by atoms with Gasteiger partial charge in [0.15, 0.2) is 0 Å². The Morgan fingerprint density at radius 3 is 2.59 bits per heavy atom. The largest absolute Gasteiger partial charge is 0.310 e. The number of hydrogen-bond acceptors (Lipinski definition) is 4. The van der Waals surface area contributed by atoms with Crippen LogP contribution in [0.25, 0.3) is 11.0 Å². The summed E-state index contributed by atoms with van der Waals surface area (Å²) in [5, 5.41) is 0.637. The van der Waals surface area contributed by atoms with E-state index in [-0.39, 0.29) is 11.9 Å². The number of halogens is 1. The number of anilines is 1. The molecule has 138 valence electrons. The molecule has 0 saturated carbocycles. The monoisotopic (exact) mass is 380 g/mol. The normalized spacial score (nSPS) is 18.3. The number of rotatable bonds is 3. The predicted molar refractivity (Wildman–Crippen MR) is 108 cm³/mol. The van der Waals surface area contributed by atoms with Gasteiger partial charge in [-0.25, -0.2) is 9.97 Å². The van der Waals surface area contributed by atoms with Crippen molar-refractivity contribution >= 4 is 34.2 Å². The molecule has 4 rings (SSSR count). The molecular formula is C21H21ClN4O. The van der Waals surface area contributed by atoms with Gasteiger partial charge in [0.25, 0.3) is 0 Å². The highest BCUT2D eigenvalue weighted by atomic mass is 35.5. The second-order valence-corrected chi connectivity index (χ2v) is 7.42. The number of para-hydroxylation sites is 2. The first-order valence-electron chi connectivity index (χ1n) is 9.03. The van der Waals surface area contributed by atoms with Gasteiger partial charge in [-0.05, 0) is 44.2 Å². The van der Waals surface area contributed by atoms with Crippen molar-refractivity contribution in [1.82, 2.24) is 14.9 Å². The molecule has 1 aliphatic rings. The molecule has 1 saturated heterocycles. The second kappa shape index (κ2) is 7.25. The predicted octanol–water partition coefficient (Wildman–Crippen LogP) is 3.83. The zero-order valence-corrected chi connectivity index (χ0v) is 16.1. The Morgan fingerprint density at radius 1 is 1.11 bits per heavy atom. The van der Waals surface area contributed by atoms with Crippen molar-refractivity contribution in [3.63, 3.8) is 0 Å². The number of fused-ring (bicyclic) bond motifs is 1. The molecule has 0 aliphatic carbocycles. The minimum Gasteiger partial charge on any atom is -0.310 e. The Morgan fingerprint density at radius 2 is 1.85 bits per heavy atom. The lowest BCUT2D eigenvalue weighted by Gasteiger charge is -2.39. The summed E-state index contributed by atoms with van der Waals surface area (Å²) >= 11 is 6.09. The molecule has 27 heavy (non-hydrogen) atoms. The molecule has 1 amide bonds. The third-order valence-corrected chi connectivity index (χ3v) is 5.26. The van der Waals surface area contributed by atoms with Crippen LogP contribution in [0.15, 0.2) is 48.5 Å². The topological polar surface area (TPSA) is 49.3 Å². The number of piperazine rings is 1. The van der Waals surface area contributed by atoms with Gasteiger partial charge in [-0.3, -0.25) is 9.69 Å². The fourth-order valence-electron chi connectivity index (χ4n) is 3.47. The Labute approximate surface area is 163 Å². The summed E-state index contributed by atoms with van der Waals surface area (Å²) in [7, 11) is 0. The summed E-state index contributed by atoms with van der Waals surface area (Å²) in [6, 6.07) is 15.5. The summed E-state index contributed by atoms with van der Waals surface area (Å²) in [6.07, 6.45) is 0. The molecule has 1 aromatic heterocycles. The van der Waals surface area contributed by atoms with Gasteiger partial charge in [0.1, 0.15) is 0 Å². The second-order valence-electron chi connectivity index (χ2n) is 6.98. The number of carbonyl (C=O) groups excluding carboxylic acids is 1. The van der Waals surface area contributed by atoms with Crippen molar-refractivity contribution in [2.24, 2.45) is 0 Å². The zero-order valence-electron chi connectivity index (χ0n) is 15.4. The number of benzene rings is 2. The van der Waals surface area contributed by atoms with Crippen LogP contribution in [-0.2, 0) is 11.3 Å². The van der Waals surface area contributed by atoms with Crippen molar-refractivity contribution in [3.05, 3.63) is 64.9 Å². The minimum absolute atomic E-state index is 0.0711. The molecule has 2 aromatic carbocycles. The summed E-state index contributed by atoms with van der Waals surface area (Å²) in [4.78, 5) is 26.2. The summed E-state index contributed by atoms with van der Waals surface area (Å²) in [5.74, 6) is 0.0711. The molecule has 1 unspecified atom stereocenters. The minimum atomic E-state index is 0.0711. The summed E-state index contributed by atoms with van der Waals surface area (Å²) in [5.41, 5.74) is 4.46. The van der Waals surface area contributed by atoms with Gasteiger partial charge in [0.2, 0.25) is 5.91 Å². The summed E-state index contributed by atoms with van der Waals surface area (Å²) in [6.45, 7) is 5.69. The first kappa shape index (κ1) is 17.9. The number of amides is 1. The van der Waals surface area contributed by atoms with Crippen LogP contribution >= 0.6 is 11.6 Å². The van der Waals surface area contributed by atoms with E-state index in [0.717, 1.165) is 28.1 Å². The van der Waals surface area contributed by atoms with Crippen LogP contribution in [0, 0.1) is 6.92 Å². The standard InChI is InChI=1S/C21H21ClN4O/c1-14-11-26(17-7-5-6-16(22)10-17)21(27)13-25(14)12-20-15(2)23-18-8-3-4-9-19(18)24-20/h3-10,14H,11-13H2,1-2H3. The van der Waals surface area contributed by atoms with Gasteiger partial charge in [-0.2, -0.15) is 0 Å². The van der Waals surface area contributed by atoms with Gasteiger partial charge in [-0.1, -0.05) is 29.8 Å². The molecular weight excluding hydrogens is 360 g/mol. The van der Waals surface area contributed by atoms with Crippen LogP contribution < -0.4 is 4.90 Å². The van der Waals surface area contributed by atoms with Crippen LogP contribution in [0.4, 0.5) is 5.69 Å². The van der Waals surface area contributed by atoms with E-state index < -0.39 is 0 Å². The fraction of sp³-hybridized carbons (Fsp3) is 0.286. The molecule has 6 heteroatoms. The van der Waals surface area contributed by atoms with Crippen molar-refractivity contribution < 1.29 is 4.79 Å². The Bertz CT molecular complexity index is 1010. The van der Waals surface area contributed by atoms with E-state index in [4.69, 9.17) is 16.6 Å². The quantitative estimate of drug-likeness (QED) is 0.693. The lowest BCUT2D eigenvalue weighted by Crippen LogP contribution is -2.55. The molecule has 0 N–H and O–H groups in total. The van der Waals surface area contributed by atoms with E-state index in [9.17, 15) is 4.79 Å². The van der Waals surface area contributed by atoms with E-state index >= 15 is 0 Å². The van der Waals surface area contributed by atoms with Crippen molar-refractivity contribution in [3.8, 4) is 0 Å². The highest BCUT2D eigenvalue weighted by Gasteiger charge is 2.31. The van der Waals surface area contributed by atoms with Crippen LogP contribution in [-0.4, -0.2) is 39.9 Å². The first-order chi connectivity index (χ1) is 13.0. The Kier molecular flexibility index (Phi) is 4.81. The van der Waals surface area contributed by atoms with Crippen molar-refractivity contribution in [2.45, 2.75) is 26.4 Å². The van der Waals surface area contributed by atoms with E-state index in [1.165, 1.54) is 0 Å². The first-order valence-corrected chi connectivity index (χ1v) is 9.41. The highest BCUT2D eigenvalue weighted by molar-refractivity contribution is 6.30. The van der Waals surface area contributed by atoms with Crippen LogP contribution in [0.3, 0.4) is 0 Å². The maximum atomic E-state index is 12.8. The molecule has 5 nitrogen and oxygen atoms in total. The molecule has 1 aliphatic heterocycles. The van der Waals surface area contributed by atoms with Crippen molar-refractivity contribution in [1.29, 1.82) is 0 Å². The molecule has 1 fully saturated rings. The number of nitrogens with zero attached hydrogens (tertiary/aromatic N) is 4. The number of carbonyl (C=O) groups is 1. The van der Waals surface area contributed by atoms with Crippen molar-refractivity contribution in [2.75, 3.05) is 18.0 Å². The fourth-order valence-corrected chi connectivity index (χ4v) is 3.65. The lowest BCUT2D eigenvalue weighted by atomic mass is 10.1. The van der Waals surface area contributed by atoms with Crippen LogP contribution in [0.2, 0.25) is 5.02 Å². The van der Waals surface area contributed by atoms with E-state index in [0.29, 0.717) is 24.7 Å². The van der Waals surface area contributed by atoms with E-state index in [1.807, 2.05) is 60.4 Å². The zero-order chi connectivity index (χ0) is 19.0. The van der Waals surface area contributed by atoms with Crippen LogP contribution in [0.5, 0.6) is 0 Å². The number of aromatic nitrogens is 2. The van der Waals surface area contributed by atoms with Gasteiger partial charge in [0.05, 0.1) is 29.0 Å². The van der Waals surface area contributed by atoms with Gasteiger partial charge in [-0.15, -0.1) is 0 Å². The molecule has 0 spiro atoms. The molecule has 0 radical (unpaired) electrons. The third kappa shape index (κ3) is 3.66. The molecule has 0 bridgehead atoms. The van der Waals surface area contributed by atoms with Gasteiger partial charge >= 0.3 is 0 Å². The number of aryl methyl sites for hydroxylation is 1. The van der Waals surface area contributed by atoms with E-state index in [1.54, 1.807) is 0 Å². The molecule has 1 atom stereocenters. The molecule has 3 aromatic rings.